The van der Waals surface area contributed by atoms with Gasteiger partial charge in [-0.2, -0.15) is 0 Å². The van der Waals surface area contributed by atoms with E-state index in [1.165, 1.54) is 0 Å². The molecule has 0 amide bonds. The van der Waals surface area contributed by atoms with Crippen LogP contribution in [0.25, 0.3) is 6.08 Å². The number of allylic oxidation sites excluding steroid dienone is 9. The Morgan fingerprint density at radius 1 is 1.04 bits per heavy atom. The molecule has 2 bridgehead atoms. The van der Waals surface area contributed by atoms with Crippen LogP contribution in [0.1, 0.15) is 25.9 Å². The minimum absolute atomic E-state index is 0.505. The van der Waals surface area contributed by atoms with Crippen molar-refractivity contribution in [2.45, 2.75) is 13.3 Å². The second-order valence-electron chi connectivity index (χ2n) is 5.61. The number of benzene rings is 1. The second-order valence-corrected chi connectivity index (χ2v) is 5.61. The molecule has 0 spiro atoms. The second kappa shape index (κ2) is 7.32. The maximum Gasteiger partial charge on any atom is 0.686 e. The van der Waals surface area contributed by atoms with E-state index in [0.717, 1.165) is 34.3 Å². The number of hydrogen-bond donors (Lipinski definition) is 0. The van der Waals surface area contributed by atoms with E-state index in [2.05, 4.69) is 23.7 Å². The first-order valence-corrected chi connectivity index (χ1v) is 7.80. The van der Waals surface area contributed by atoms with Gasteiger partial charge in [-0.05, 0) is 48.1 Å². The fraction of sp³-hybridized carbons (Fsp3) is 0.0870. The summed E-state index contributed by atoms with van der Waals surface area (Å²) in [6.07, 6.45) is 14.5. The van der Waals surface area contributed by atoms with E-state index in [1.54, 1.807) is 6.08 Å². The van der Waals surface area contributed by atoms with Crippen LogP contribution in [0, 0.1) is 23.7 Å². The largest absolute Gasteiger partial charge is 0.686 e. The molecule has 0 aliphatic heterocycles. The molecule has 1 nitrogen and oxygen atoms in total. The molecule has 2 aliphatic carbocycles. The summed E-state index contributed by atoms with van der Waals surface area (Å²) >= 11 is 0. The standard InChI is InChI=1S/C23H16O/c1-18-16-20-10-3-2-8-19(17-20)9-4-5-11-21-12-6-7-13-22(21)14-15-23(18)24/h2-3,6-8,10,12-16H,17H2,1H3/p+1/b15-14+,18-16+/i/hD. The third-order valence-electron chi connectivity index (χ3n) is 3.76. The number of carbonyl (C=O) groups excluding carboxylic acids is 1. The van der Waals surface area contributed by atoms with Crippen LogP contribution in [0.4, 0.5) is 0 Å². The maximum absolute atomic E-state index is 7.38. The summed E-state index contributed by atoms with van der Waals surface area (Å²) in [6.45, 7) is 1.94. The van der Waals surface area contributed by atoms with Gasteiger partial charge in [0.1, 0.15) is 0 Å². The highest BCUT2D eigenvalue weighted by Crippen LogP contribution is 2.18. The van der Waals surface area contributed by atoms with E-state index in [-0.39, 0.29) is 0 Å². The van der Waals surface area contributed by atoms with Gasteiger partial charge < -0.3 is 0 Å². The number of rotatable bonds is 0. The Morgan fingerprint density at radius 2 is 1.88 bits per heavy atom. The Labute approximate surface area is 144 Å². The van der Waals surface area contributed by atoms with Gasteiger partial charge >= 0.3 is 7.21 Å². The van der Waals surface area contributed by atoms with Crippen LogP contribution in [0.3, 0.4) is 0 Å². The predicted octanol–water partition coefficient (Wildman–Crippen LogP) is 4.37. The zero-order valence-corrected chi connectivity index (χ0v) is 13.5. The van der Waals surface area contributed by atoms with Crippen molar-refractivity contribution in [3.63, 3.8) is 0 Å². The summed E-state index contributed by atoms with van der Waals surface area (Å²) in [5.74, 6) is 12.6. The molecule has 3 rings (SSSR count). The van der Waals surface area contributed by atoms with Crippen molar-refractivity contribution in [3.8, 4) is 23.7 Å². The highest BCUT2D eigenvalue weighted by atomic mass is 16.1. The summed E-state index contributed by atoms with van der Waals surface area (Å²) in [5, 5.41) is 0. The fourth-order valence-electron chi connectivity index (χ4n) is 2.49. The van der Waals surface area contributed by atoms with Crippen molar-refractivity contribution in [2.75, 3.05) is 0 Å². The zero-order valence-electron chi connectivity index (χ0n) is 14.5. The average Bonchev–Trinajstić information content (AvgIpc) is 2.84. The van der Waals surface area contributed by atoms with Crippen LogP contribution in [-0.4, -0.2) is 10.6 Å². The Bertz CT molecular complexity index is 990. The summed E-state index contributed by atoms with van der Waals surface area (Å²) in [6, 6.07) is 7.84. The van der Waals surface area contributed by atoms with E-state index in [4.69, 9.17) is 6.23 Å². The van der Waals surface area contributed by atoms with E-state index < -0.39 is 0 Å². The molecule has 0 saturated carbocycles. The van der Waals surface area contributed by atoms with E-state index in [1.807, 2.05) is 67.6 Å². The van der Waals surface area contributed by atoms with Gasteiger partial charge in [0.2, 0.25) is 0 Å². The molecule has 1 aromatic rings. The predicted molar refractivity (Wildman–Crippen MR) is 101 cm³/mol. The molecular weight excluding hydrogens is 292 g/mol. The quantitative estimate of drug-likeness (QED) is 0.501. The van der Waals surface area contributed by atoms with Crippen molar-refractivity contribution in [2.24, 2.45) is 0 Å². The molecule has 1 heteroatoms. The molecule has 1 aromatic carbocycles. The fourth-order valence-corrected chi connectivity index (χ4v) is 2.49. The Morgan fingerprint density at radius 3 is 2.79 bits per heavy atom. The molecule has 0 aromatic heterocycles. The van der Waals surface area contributed by atoms with Crippen molar-refractivity contribution >= 4 is 11.9 Å². The molecule has 0 atom stereocenters. The summed E-state index contributed by atoms with van der Waals surface area (Å²) in [7, 11) is 0. The lowest BCUT2D eigenvalue weighted by molar-refractivity contribution is 0.680. The van der Waals surface area contributed by atoms with E-state index >= 15 is 0 Å². The van der Waals surface area contributed by atoms with Gasteiger partial charge in [0.15, 0.2) is 0 Å². The van der Waals surface area contributed by atoms with Crippen LogP contribution in [0.5, 0.6) is 0 Å². The van der Waals surface area contributed by atoms with Gasteiger partial charge in [-0.25, -0.2) is 0 Å². The molecule has 2 aliphatic rings. The van der Waals surface area contributed by atoms with Crippen molar-refractivity contribution in [1.29, 1.82) is 0 Å². The summed E-state index contributed by atoms with van der Waals surface area (Å²) < 4.78 is 7.38. The smallest absolute Gasteiger partial charge is 0.274 e. The Kier molecular flexibility index (Phi) is 4.36. The van der Waals surface area contributed by atoms with Gasteiger partial charge in [-0.1, -0.05) is 54.3 Å². The molecule has 0 unspecified atom stereocenters. The normalized spacial score (nSPS) is 21.8. The third-order valence-corrected chi connectivity index (χ3v) is 3.76. The van der Waals surface area contributed by atoms with Crippen molar-refractivity contribution in [3.05, 3.63) is 88.6 Å². The monoisotopic (exact) mass is 310 g/mol. The van der Waals surface area contributed by atoms with Gasteiger partial charge in [0.05, 0.1) is 5.57 Å². The lowest BCUT2D eigenvalue weighted by atomic mass is 10.0. The minimum atomic E-state index is 0.505. The van der Waals surface area contributed by atoms with Crippen LogP contribution in [-0.2, 0) is 0 Å². The summed E-state index contributed by atoms with van der Waals surface area (Å²) in [5.41, 5.74) is 4.87. The molecule has 0 saturated heterocycles. The van der Waals surface area contributed by atoms with Crippen LogP contribution >= 0.6 is 0 Å². The Hall–Kier alpha value is -3.29. The molecule has 0 fully saturated rings. The molecule has 0 radical (unpaired) electrons. The molecule has 1 N–H and O–H groups in total. The first-order chi connectivity index (χ1) is 12.3. The van der Waals surface area contributed by atoms with Crippen LogP contribution in [0.2, 0.25) is 0 Å². The van der Waals surface area contributed by atoms with Gasteiger partial charge in [-0.15, -0.1) is 0 Å². The van der Waals surface area contributed by atoms with Gasteiger partial charge in [-0.3, -0.25) is 4.80 Å². The molecule has 0 heterocycles. The Balaban J connectivity index is 2.14. The number of fused-ring (bicyclic) bond motifs is 3. The molecular formula is C23H17O+. The van der Waals surface area contributed by atoms with Crippen molar-refractivity contribution in [1.82, 2.24) is 0 Å². The molecule has 114 valence electrons. The van der Waals surface area contributed by atoms with Gasteiger partial charge in [0, 0.05) is 23.6 Å². The first-order valence-electron chi connectivity index (χ1n) is 8.21. The highest BCUT2D eigenvalue weighted by molar-refractivity contribution is 6.07. The number of hydrogen-bond acceptors (Lipinski definition) is 0. The highest BCUT2D eigenvalue weighted by Gasteiger charge is 2.09. The van der Waals surface area contributed by atoms with E-state index in [0.29, 0.717) is 5.78 Å². The average molecular weight is 310 g/mol. The maximum atomic E-state index is 7.38. The number of ketones is 1. The lowest BCUT2D eigenvalue weighted by Crippen LogP contribution is -1.97. The third kappa shape index (κ3) is 3.92. The van der Waals surface area contributed by atoms with Crippen LogP contribution < -0.4 is 0 Å². The zero-order chi connectivity index (χ0) is 17.5. The summed E-state index contributed by atoms with van der Waals surface area (Å²) in [4.78, 5) is 4.84. The molecule has 24 heavy (non-hydrogen) atoms. The first kappa shape index (κ1) is 14.3. The van der Waals surface area contributed by atoms with Crippen LogP contribution in [0.15, 0.2) is 77.4 Å². The van der Waals surface area contributed by atoms with Gasteiger partial charge in [0.25, 0.3) is 0 Å². The SMILES string of the molecule is [2H][O+]=C1/C=C/c2ccccc2C#CC#CC2=CC=CC=C(/C=C/1C)C2. The van der Waals surface area contributed by atoms with E-state index in [9.17, 15) is 0 Å². The minimum Gasteiger partial charge on any atom is -0.274 e. The topological polar surface area (TPSA) is 21.4 Å². The van der Waals surface area contributed by atoms with Crippen molar-refractivity contribution < 1.29 is 6.23 Å². The lowest BCUT2D eigenvalue weighted by Gasteiger charge is -2.01.